The van der Waals surface area contributed by atoms with Gasteiger partial charge in [-0.25, -0.2) is 4.68 Å². The van der Waals surface area contributed by atoms with E-state index in [4.69, 9.17) is 16.3 Å². The van der Waals surface area contributed by atoms with Crippen LogP contribution in [0.2, 0.25) is 5.02 Å². The molecule has 4 aromatic rings. The van der Waals surface area contributed by atoms with Gasteiger partial charge in [-0.05, 0) is 54.1 Å². The van der Waals surface area contributed by atoms with Crippen molar-refractivity contribution < 1.29 is 4.74 Å². The number of aromatic nitrogens is 3. The van der Waals surface area contributed by atoms with E-state index in [1.165, 1.54) is 4.68 Å². The second-order valence-electron chi connectivity index (χ2n) is 5.77. The second kappa shape index (κ2) is 6.98. The summed E-state index contributed by atoms with van der Waals surface area (Å²) in [6.07, 6.45) is 5.10. The van der Waals surface area contributed by atoms with Crippen LogP contribution in [0.25, 0.3) is 10.8 Å². The van der Waals surface area contributed by atoms with Gasteiger partial charge in [0.1, 0.15) is 11.5 Å². The van der Waals surface area contributed by atoms with Crippen molar-refractivity contribution >= 4 is 22.4 Å². The number of rotatable bonds is 4. The van der Waals surface area contributed by atoms with Crippen molar-refractivity contribution in [3.05, 3.63) is 94.1 Å². The molecule has 6 heteroatoms. The molecule has 26 heavy (non-hydrogen) atoms. The van der Waals surface area contributed by atoms with E-state index in [-0.39, 0.29) is 5.56 Å². The van der Waals surface area contributed by atoms with E-state index in [2.05, 4.69) is 10.1 Å². The van der Waals surface area contributed by atoms with E-state index >= 15 is 0 Å². The third kappa shape index (κ3) is 3.43. The molecule has 2 heterocycles. The maximum Gasteiger partial charge on any atom is 0.275 e. The molecule has 0 fully saturated rings. The smallest absolute Gasteiger partial charge is 0.275 e. The van der Waals surface area contributed by atoms with Crippen LogP contribution < -0.4 is 10.3 Å². The normalized spacial score (nSPS) is 10.8. The predicted octanol–water partition coefficient (Wildman–Crippen LogP) is 4.29. The summed E-state index contributed by atoms with van der Waals surface area (Å²) in [4.78, 5) is 16.9. The fraction of sp³-hybridized carbons (Fsp3) is 0.0500. The lowest BCUT2D eigenvalue weighted by molar-refractivity contribution is 0.483. The number of hydrogen-bond donors (Lipinski definition) is 0. The summed E-state index contributed by atoms with van der Waals surface area (Å²) in [6.45, 7) is 0.366. The van der Waals surface area contributed by atoms with E-state index in [9.17, 15) is 4.79 Å². The van der Waals surface area contributed by atoms with Gasteiger partial charge >= 0.3 is 0 Å². The van der Waals surface area contributed by atoms with Crippen LogP contribution in [0.15, 0.2) is 78.0 Å². The molecule has 0 aliphatic heterocycles. The van der Waals surface area contributed by atoms with Crippen molar-refractivity contribution in [2.75, 3.05) is 0 Å². The molecule has 0 aliphatic rings. The average Bonchev–Trinajstić information content (AvgIpc) is 2.67. The first-order valence-electron chi connectivity index (χ1n) is 8.01. The largest absolute Gasteiger partial charge is 0.457 e. The summed E-state index contributed by atoms with van der Waals surface area (Å²) in [5.74, 6) is 1.23. The summed E-state index contributed by atoms with van der Waals surface area (Å²) in [5.41, 5.74) is 0.739. The highest BCUT2D eigenvalue weighted by Crippen LogP contribution is 2.25. The zero-order valence-corrected chi connectivity index (χ0v) is 14.4. The van der Waals surface area contributed by atoms with Gasteiger partial charge < -0.3 is 4.74 Å². The summed E-state index contributed by atoms with van der Waals surface area (Å²) < 4.78 is 7.24. The topological polar surface area (TPSA) is 57.0 Å². The number of ether oxygens (including phenoxy) is 1. The Morgan fingerprint density at radius 3 is 2.58 bits per heavy atom. The molecule has 0 bridgehead atoms. The maximum absolute atomic E-state index is 12.8. The van der Waals surface area contributed by atoms with Crippen LogP contribution >= 0.6 is 11.6 Å². The molecular formula is C20H14ClN3O2. The number of benzene rings is 2. The van der Waals surface area contributed by atoms with Crippen molar-refractivity contribution in [3.8, 4) is 11.5 Å². The first-order chi connectivity index (χ1) is 12.7. The zero-order chi connectivity index (χ0) is 17.9. The summed E-state index contributed by atoms with van der Waals surface area (Å²) in [6, 6.07) is 16.2. The first kappa shape index (κ1) is 16.3. The van der Waals surface area contributed by atoms with Gasteiger partial charge in [-0.15, -0.1) is 0 Å². The molecule has 0 saturated carbocycles. The molecule has 0 atom stereocenters. The highest BCUT2D eigenvalue weighted by molar-refractivity contribution is 6.30. The van der Waals surface area contributed by atoms with Crippen LogP contribution in [-0.2, 0) is 6.54 Å². The Kier molecular flexibility index (Phi) is 4.37. The minimum absolute atomic E-state index is 0.173. The van der Waals surface area contributed by atoms with Gasteiger partial charge in [-0.3, -0.25) is 9.78 Å². The lowest BCUT2D eigenvalue weighted by Crippen LogP contribution is -2.23. The lowest BCUT2D eigenvalue weighted by Gasteiger charge is -2.09. The zero-order valence-electron chi connectivity index (χ0n) is 13.7. The first-order valence-corrected chi connectivity index (χ1v) is 8.39. The Morgan fingerprint density at radius 1 is 1.00 bits per heavy atom. The van der Waals surface area contributed by atoms with Gasteiger partial charge in [0.05, 0.1) is 18.1 Å². The molecule has 0 radical (unpaired) electrons. The van der Waals surface area contributed by atoms with Crippen LogP contribution in [0.1, 0.15) is 5.56 Å². The van der Waals surface area contributed by atoms with Crippen molar-refractivity contribution in [1.29, 1.82) is 0 Å². The molecule has 128 valence electrons. The summed E-state index contributed by atoms with van der Waals surface area (Å²) in [5, 5.41) is 6.20. The third-order valence-corrected chi connectivity index (χ3v) is 4.18. The van der Waals surface area contributed by atoms with E-state index in [0.717, 1.165) is 10.9 Å². The van der Waals surface area contributed by atoms with E-state index in [1.54, 1.807) is 48.9 Å². The third-order valence-electron chi connectivity index (χ3n) is 3.93. The van der Waals surface area contributed by atoms with E-state index in [0.29, 0.717) is 28.5 Å². The fourth-order valence-electron chi connectivity index (χ4n) is 2.64. The maximum atomic E-state index is 12.8. The fourth-order valence-corrected chi connectivity index (χ4v) is 2.76. The van der Waals surface area contributed by atoms with Crippen molar-refractivity contribution in [2.24, 2.45) is 0 Å². The minimum atomic E-state index is -0.173. The molecule has 2 aromatic heterocycles. The monoisotopic (exact) mass is 363 g/mol. The van der Waals surface area contributed by atoms with Gasteiger partial charge in [0.2, 0.25) is 0 Å². The van der Waals surface area contributed by atoms with Gasteiger partial charge in [-0.1, -0.05) is 17.7 Å². The summed E-state index contributed by atoms with van der Waals surface area (Å²) in [7, 11) is 0. The molecule has 4 rings (SSSR count). The molecule has 0 saturated heterocycles. The molecule has 2 aromatic carbocycles. The average molecular weight is 364 g/mol. The number of nitrogens with zero attached hydrogens (tertiary/aromatic N) is 3. The number of halogens is 1. The second-order valence-corrected chi connectivity index (χ2v) is 6.21. The van der Waals surface area contributed by atoms with Crippen molar-refractivity contribution in [1.82, 2.24) is 14.8 Å². The van der Waals surface area contributed by atoms with E-state index < -0.39 is 0 Å². The highest BCUT2D eigenvalue weighted by atomic mass is 35.5. The van der Waals surface area contributed by atoms with Gasteiger partial charge in [-0.2, -0.15) is 5.10 Å². The standard InChI is InChI=1S/C20H14ClN3O2/c21-16-4-7-17(8-5-16)26-18-6-3-15-12-23-24(20(25)19(15)10-18)13-14-2-1-9-22-11-14/h1-12H,13H2. The highest BCUT2D eigenvalue weighted by Gasteiger charge is 2.07. The number of hydrogen-bond acceptors (Lipinski definition) is 4. The Hall–Kier alpha value is -3.18. The van der Waals surface area contributed by atoms with Gasteiger partial charge in [0, 0.05) is 22.8 Å². The van der Waals surface area contributed by atoms with Crippen molar-refractivity contribution in [3.63, 3.8) is 0 Å². The molecular weight excluding hydrogens is 350 g/mol. The minimum Gasteiger partial charge on any atom is -0.457 e. The predicted molar refractivity (Wildman–Crippen MR) is 101 cm³/mol. The van der Waals surface area contributed by atoms with Gasteiger partial charge in [0.15, 0.2) is 0 Å². The number of fused-ring (bicyclic) bond motifs is 1. The summed E-state index contributed by atoms with van der Waals surface area (Å²) >= 11 is 5.89. The molecule has 0 unspecified atom stereocenters. The van der Waals surface area contributed by atoms with Crippen LogP contribution in [0.3, 0.4) is 0 Å². The molecule has 0 N–H and O–H groups in total. The Labute approximate surface area is 154 Å². The van der Waals surface area contributed by atoms with Crippen molar-refractivity contribution in [2.45, 2.75) is 6.54 Å². The Balaban J connectivity index is 1.68. The van der Waals surface area contributed by atoms with Crippen LogP contribution in [0.5, 0.6) is 11.5 Å². The SMILES string of the molecule is O=c1c2cc(Oc3ccc(Cl)cc3)ccc2cnn1Cc1cccnc1. The quantitative estimate of drug-likeness (QED) is 0.543. The molecule has 0 aliphatic carbocycles. The van der Waals surface area contributed by atoms with Crippen LogP contribution in [0, 0.1) is 0 Å². The molecule has 0 spiro atoms. The van der Waals surface area contributed by atoms with Crippen LogP contribution in [0.4, 0.5) is 0 Å². The van der Waals surface area contributed by atoms with E-state index in [1.807, 2.05) is 24.3 Å². The Morgan fingerprint density at radius 2 is 1.81 bits per heavy atom. The van der Waals surface area contributed by atoms with Gasteiger partial charge in [0.25, 0.3) is 5.56 Å². The van der Waals surface area contributed by atoms with Crippen LogP contribution in [-0.4, -0.2) is 14.8 Å². The molecule has 0 amide bonds. The molecule has 5 nitrogen and oxygen atoms in total. The number of pyridine rings is 1. The Bertz CT molecular complexity index is 1110. The lowest BCUT2D eigenvalue weighted by atomic mass is 10.2.